The second kappa shape index (κ2) is 24.4. The smallest absolute Gasteiger partial charge is 0.338 e. The number of fused-ring (bicyclic) bond motifs is 1. The number of rotatable bonds is 22. The average molecular weight is 1010 g/mol. The molecule has 12 heteroatoms. The normalized spacial score (nSPS) is 13.5. The molecule has 76 heavy (non-hydrogen) atoms. The number of benzene rings is 9. The van der Waals surface area contributed by atoms with Crippen LogP contribution < -0.4 is 33.2 Å². The highest BCUT2D eigenvalue weighted by Gasteiger charge is 2.38. The zero-order chi connectivity index (χ0) is 51.9. The Morgan fingerprint density at radius 2 is 0.868 bits per heavy atom. The van der Waals surface area contributed by atoms with Crippen LogP contribution in [0.5, 0.6) is 40.2 Å². The summed E-state index contributed by atoms with van der Waals surface area (Å²) in [5.41, 5.74) is 6.39. The first kappa shape index (κ1) is 50.0. The first-order chi connectivity index (χ1) is 37.4. The van der Waals surface area contributed by atoms with Crippen molar-refractivity contribution in [1.82, 2.24) is 0 Å². The average Bonchev–Trinajstić information content (AvgIpc) is 3.50. The Bertz CT molecular complexity index is 3280. The second-order valence-corrected chi connectivity index (χ2v) is 18.0. The summed E-state index contributed by atoms with van der Waals surface area (Å²) in [6.07, 6.45) is -1.92. The van der Waals surface area contributed by atoms with E-state index in [2.05, 4.69) is 0 Å². The third-order valence-electron chi connectivity index (χ3n) is 12.6. The number of esters is 1. The van der Waals surface area contributed by atoms with Gasteiger partial charge in [-0.2, -0.15) is 0 Å². The minimum Gasteiger partial charge on any atom is -0.489 e. The monoisotopic (exact) mass is 1010 g/mol. The zero-order valence-electron chi connectivity index (χ0n) is 41.4. The summed E-state index contributed by atoms with van der Waals surface area (Å²) < 4.78 is 52.8. The lowest BCUT2D eigenvalue weighted by atomic mass is 9.93. The number of hydrogen-bond acceptors (Lipinski definition) is 11. The van der Waals surface area contributed by atoms with E-state index in [1.165, 1.54) is 18.2 Å². The fourth-order valence-electron chi connectivity index (χ4n) is 8.66. The van der Waals surface area contributed by atoms with E-state index in [0.717, 1.165) is 33.4 Å². The number of nitro groups is 1. The van der Waals surface area contributed by atoms with E-state index in [1.54, 1.807) is 0 Å². The number of nitro benzene ring substituents is 1. The van der Waals surface area contributed by atoms with Gasteiger partial charge < -0.3 is 37.9 Å². The predicted octanol–water partition coefficient (Wildman–Crippen LogP) is 14.0. The minimum absolute atomic E-state index is 0.0341. The van der Waals surface area contributed by atoms with Crippen molar-refractivity contribution in [1.29, 1.82) is 0 Å². The van der Waals surface area contributed by atoms with E-state index in [-0.39, 0.29) is 63.1 Å². The van der Waals surface area contributed by atoms with E-state index in [1.807, 2.05) is 206 Å². The third-order valence-corrected chi connectivity index (χ3v) is 12.6. The van der Waals surface area contributed by atoms with Crippen LogP contribution in [0.4, 0.5) is 5.69 Å². The highest BCUT2D eigenvalue weighted by molar-refractivity contribution is 5.90. The Hall–Kier alpha value is -9.55. The maximum Gasteiger partial charge on any atom is 0.338 e. The molecule has 0 aromatic heterocycles. The Morgan fingerprint density at radius 3 is 1.32 bits per heavy atom. The van der Waals surface area contributed by atoms with Gasteiger partial charge in [-0.3, -0.25) is 10.1 Å². The second-order valence-electron chi connectivity index (χ2n) is 18.0. The summed E-state index contributed by atoms with van der Waals surface area (Å²) in [5, 5.41) is 12.2. The maximum atomic E-state index is 14.7. The highest BCUT2D eigenvalue weighted by Crippen LogP contribution is 2.48. The van der Waals surface area contributed by atoms with Gasteiger partial charge in [-0.15, -0.1) is 0 Å². The Kier molecular flexibility index (Phi) is 16.1. The molecule has 0 bridgehead atoms. The molecule has 2 atom stereocenters. The van der Waals surface area contributed by atoms with E-state index in [0.29, 0.717) is 45.6 Å². The van der Waals surface area contributed by atoms with Gasteiger partial charge in [0.05, 0.1) is 10.5 Å². The van der Waals surface area contributed by atoms with Gasteiger partial charge in [0.25, 0.3) is 0 Å². The van der Waals surface area contributed by atoms with Crippen LogP contribution in [-0.4, -0.2) is 17.0 Å². The van der Waals surface area contributed by atoms with Gasteiger partial charge in [0.2, 0.25) is 5.75 Å². The Balaban J connectivity index is 1.07. The van der Waals surface area contributed by atoms with Crippen LogP contribution in [0, 0.1) is 10.1 Å². The molecule has 0 radical (unpaired) electrons. The molecule has 0 spiro atoms. The van der Waals surface area contributed by atoms with Crippen molar-refractivity contribution in [3.63, 3.8) is 0 Å². The lowest BCUT2D eigenvalue weighted by Crippen LogP contribution is -2.35. The van der Waals surface area contributed by atoms with Crippen LogP contribution >= 0.6 is 0 Å². The lowest BCUT2D eigenvalue weighted by molar-refractivity contribution is -0.385. The molecule has 12 nitrogen and oxygen atoms in total. The van der Waals surface area contributed by atoms with Crippen LogP contribution in [0.2, 0.25) is 0 Å². The number of carbonyl (C=O) groups is 1. The summed E-state index contributed by atoms with van der Waals surface area (Å²) in [4.78, 5) is 26.4. The molecule has 0 saturated heterocycles. The van der Waals surface area contributed by atoms with E-state index >= 15 is 0 Å². The molecular weight excluding hydrogens is 959 g/mol. The van der Waals surface area contributed by atoms with Gasteiger partial charge in [0, 0.05) is 41.8 Å². The van der Waals surface area contributed by atoms with E-state index in [9.17, 15) is 14.9 Å². The summed E-state index contributed by atoms with van der Waals surface area (Å²) in [7, 11) is 0. The third kappa shape index (κ3) is 13.0. The highest BCUT2D eigenvalue weighted by atomic mass is 16.6. The molecule has 0 saturated carbocycles. The molecule has 9 aromatic carbocycles. The predicted molar refractivity (Wildman–Crippen MR) is 287 cm³/mol. The molecule has 1 aliphatic heterocycles. The van der Waals surface area contributed by atoms with Gasteiger partial charge in [0.1, 0.15) is 63.0 Å². The van der Waals surface area contributed by atoms with Crippen molar-refractivity contribution in [2.75, 3.05) is 0 Å². The maximum absolute atomic E-state index is 14.7. The van der Waals surface area contributed by atoms with Crippen LogP contribution in [0.25, 0.3) is 0 Å². The van der Waals surface area contributed by atoms with Gasteiger partial charge in [-0.25, -0.2) is 4.79 Å². The molecule has 10 rings (SSSR count). The van der Waals surface area contributed by atoms with Crippen molar-refractivity contribution in [2.24, 2.45) is 0 Å². The number of carbonyl (C=O) groups excluding carboxylic acids is 1. The van der Waals surface area contributed by atoms with Crippen molar-refractivity contribution in [2.45, 2.75) is 58.3 Å². The van der Waals surface area contributed by atoms with Gasteiger partial charge >= 0.3 is 11.7 Å². The van der Waals surface area contributed by atoms with Gasteiger partial charge in [-0.1, -0.05) is 182 Å². The first-order valence-electron chi connectivity index (χ1n) is 24.9. The van der Waals surface area contributed by atoms with Crippen LogP contribution in [0.3, 0.4) is 0 Å². The van der Waals surface area contributed by atoms with Gasteiger partial charge in [-0.05, 0) is 51.6 Å². The molecule has 9 aromatic rings. The summed E-state index contributed by atoms with van der Waals surface area (Å²) in [6.45, 7) is 1.13. The zero-order valence-corrected chi connectivity index (χ0v) is 41.4. The number of nitrogens with zero attached hydrogens (tertiary/aromatic N) is 1. The SMILES string of the molecule is O=C(O[C@@H]1Cc2c(OCc3ccccc3)cc(OCc3ccccc3)cc2O[C@H]1c1cc(OCc2ccccc2)c(OCc2ccccc2)c(OCc2ccccc2)c1)c1ccc([N+](=O)[O-])c(OCc2ccccc2)c1. The van der Waals surface area contributed by atoms with E-state index in [4.69, 9.17) is 37.9 Å². The topological polar surface area (TPSA) is 134 Å². The molecule has 0 N–H and O–H groups in total. The largest absolute Gasteiger partial charge is 0.489 e. The Morgan fingerprint density at radius 1 is 0.461 bits per heavy atom. The quantitative estimate of drug-likeness (QED) is 0.0365. The van der Waals surface area contributed by atoms with Crippen molar-refractivity contribution < 1.29 is 47.6 Å². The fraction of sp³-hybridized carbons (Fsp3) is 0.141. The minimum atomic E-state index is -1.03. The molecule has 0 fully saturated rings. The molecular formula is C64H53NO11. The van der Waals surface area contributed by atoms with Crippen LogP contribution in [0.15, 0.2) is 224 Å². The molecule has 380 valence electrons. The lowest BCUT2D eigenvalue weighted by Gasteiger charge is -2.35. The standard InChI is InChI=1S/C64H53NO11/c66-64(51-31-32-55(65(67)68)58(33-51)71-41-47-23-11-3-12-24-47)76-61-38-54-56(70-40-46-21-9-2-10-22-46)36-53(69-39-45-19-7-1-8-20-45)37-57(54)75-62(61)52-34-59(72-42-48-25-13-4-14-26-48)63(74-44-50-29-17-6-18-30-50)60(35-52)73-43-49-27-15-5-16-28-49/h1-37,61-62H,38-44H2/t61-,62+/m1/s1. The Labute approximate surface area is 440 Å². The van der Waals surface area contributed by atoms with Crippen LogP contribution in [0.1, 0.15) is 61.0 Å². The first-order valence-corrected chi connectivity index (χ1v) is 24.9. The summed E-state index contributed by atoms with van der Waals surface area (Å²) in [6, 6.07) is 69.5. The van der Waals surface area contributed by atoms with E-state index < -0.39 is 23.1 Å². The molecule has 0 amide bonds. The molecule has 0 unspecified atom stereocenters. The van der Waals surface area contributed by atoms with Crippen LogP contribution in [-0.2, 0) is 50.8 Å². The van der Waals surface area contributed by atoms with Gasteiger partial charge in [0.15, 0.2) is 23.4 Å². The van der Waals surface area contributed by atoms with Crippen molar-refractivity contribution in [3.05, 3.63) is 285 Å². The molecule has 1 aliphatic rings. The molecule has 1 heterocycles. The summed E-state index contributed by atoms with van der Waals surface area (Å²) >= 11 is 0. The summed E-state index contributed by atoms with van der Waals surface area (Å²) in [5.74, 6) is 1.66. The molecule has 0 aliphatic carbocycles. The fourth-order valence-corrected chi connectivity index (χ4v) is 8.66. The van der Waals surface area contributed by atoms with Crippen molar-refractivity contribution in [3.8, 4) is 40.2 Å². The number of ether oxygens (including phenoxy) is 8. The number of hydrogen-bond donors (Lipinski definition) is 0. The van der Waals surface area contributed by atoms with Crippen molar-refractivity contribution >= 4 is 11.7 Å².